The summed E-state index contributed by atoms with van der Waals surface area (Å²) in [6.07, 6.45) is 3.20. The van der Waals surface area contributed by atoms with Crippen molar-refractivity contribution in [1.82, 2.24) is 34.5 Å². The Labute approximate surface area is 241 Å². The van der Waals surface area contributed by atoms with Crippen molar-refractivity contribution < 1.29 is 9.90 Å². The summed E-state index contributed by atoms with van der Waals surface area (Å²) < 4.78 is 3.24. The van der Waals surface area contributed by atoms with Crippen LogP contribution in [0.1, 0.15) is 24.0 Å². The van der Waals surface area contributed by atoms with Crippen LogP contribution in [0.2, 0.25) is 15.3 Å². The van der Waals surface area contributed by atoms with Crippen molar-refractivity contribution in [2.45, 2.75) is 18.9 Å². The summed E-state index contributed by atoms with van der Waals surface area (Å²) in [6, 6.07) is 11.7. The van der Waals surface area contributed by atoms with Gasteiger partial charge in [0, 0.05) is 29.4 Å². The standard InChI is InChI=1S/C26H19Cl3N8O3/c1-35(26(39)40)16-3-5-18(30-11-16)23-24(29)32-25(31-23)20-7-4-15-8-13(9-22(38)37(15)20)17-10-14(27)2-6-19(17)36-12-21(28)33-34-36/h2-3,5-6,8-12,20H,4,7H2,1H3,(H,31,32)(H,39,40)/t20-/m0/s1. The number of benzene rings is 1. The number of anilines is 1. The number of carbonyl (C=O) groups is 1. The predicted molar refractivity (Wildman–Crippen MR) is 151 cm³/mol. The topological polar surface area (TPSA) is 135 Å². The highest BCUT2D eigenvalue weighted by Crippen LogP contribution is 2.36. The van der Waals surface area contributed by atoms with Crippen LogP contribution >= 0.6 is 34.8 Å². The number of fused-ring (bicyclic) bond motifs is 1. The molecule has 0 bridgehead atoms. The Morgan fingerprint density at radius 3 is 2.67 bits per heavy atom. The number of nitrogens with one attached hydrogen (secondary N) is 1. The van der Waals surface area contributed by atoms with Gasteiger partial charge < -0.3 is 14.7 Å². The lowest BCUT2D eigenvalue weighted by atomic mass is 10.0. The number of rotatable bonds is 5. The number of carboxylic acid groups (broad SMARTS) is 1. The number of H-pyrrole nitrogens is 1. The van der Waals surface area contributed by atoms with Crippen LogP contribution in [-0.2, 0) is 6.42 Å². The van der Waals surface area contributed by atoms with Gasteiger partial charge in [-0.3, -0.25) is 14.7 Å². The van der Waals surface area contributed by atoms with Gasteiger partial charge in [-0.15, -0.1) is 5.10 Å². The highest BCUT2D eigenvalue weighted by molar-refractivity contribution is 6.32. The average Bonchev–Trinajstić information content (AvgIpc) is 3.66. The van der Waals surface area contributed by atoms with Gasteiger partial charge in [-0.1, -0.05) is 40.0 Å². The summed E-state index contributed by atoms with van der Waals surface area (Å²) in [6.45, 7) is 0. The Kier molecular flexibility index (Phi) is 6.57. The third-order valence-corrected chi connectivity index (χ3v) is 7.47. The third-order valence-electron chi connectivity index (χ3n) is 6.79. The van der Waals surface area contributed by atoms with E-state index in [0.717, 1.165) is 10.6 Å². The molecule has 202 valence electrons. The van der Waals surface area contributed by atoms with Gasteiger partial charge in [-0.05, 0) is 54.8 Å². The Morgan fingerprint density at radius 1 is 1.15 bits per heavy atom. The number of amides is 1. The fourth-order valence-electron chi connectivity index (χ4n) is 4.85. The SMILES string of the molecule is CN(C(=O)O)c1ccc(-c2[nH]c([C@@H]3CCc4cc(-c5cc(Cl)ccc5-n5cc(Cl)nn5)cc(=O)n43)nc2Cl)nc1. The fourth-order valence-corrected chi connectivity index (χ4v) is 5.38. The van der Waals surface area contributed by atoms with Crippen molar-refractivity contribution in [3.8, 4) is 28.2 Å². The number of halogens is 3. The summed E-state index contributed by atoms with van der Waals surface area (Å²) in [7, 11) is 1.43. The quantitative estimate of drug-likeness (QED) is 0.273. The first-order valence-corrected chi connectivity index (χ1v) is 13.1. The Morgan fingerprint density at radius 2 is 1.98 bits per heavy atom. The van der Waals surface area contributed by atoms with Crippen molar-refractivity contribution in [3.05, 3.63) is 92.1 Å². The molecule has 2 N–H and O–H groups in total. The minimum Gasteiger partial charge on any atom is -0.465 e. The fraction of sp³-hybridized carbons (Fsp3) is 0.154. The minimum atomic E-state index is -1.10. The van der Waals surface area contributed by atoms with E-state index in [-0.39, 0.29) is 21.9 Å². The summed E-state index contributed by atoms with van der Waals surface area (Å²) >= 11 is 18.8. The van der Waals surface area contributed by atoms with E-state index in [4.69, 9.17) is 39.9 Å². The average molecular weight is 598 g/mol. The highest BCUT2D eigenvalue weighted by atomic mass is 35.5. The van der Waals surface area contributed by atoms with Crippen LogP contribution in [0.15, 0.2) is 59.7 Å². The predicted octanol–water partition coefficient (Wildman–Crippen LogP) is 5.49. The Hall–Kier alpha value is -4.19. The summed E-state index contributed by atoms with van der Waals surface area (Å²) in [5, 5.41) is 18.0. The van der Waals surface area contributed by atoms with Gasteiger partial charge in [0.1, 0.15) is 11.5 Å². The molecular weight excluding hydrogens is 579 g/mol. The zero-order chi connectivity index (χ0) is 28.1. The summed E-state index contributed by atoms with van der Waals surface area (Å²) in [4.78, 5) is 37.8. The lowest BCUT2D eigenvalue weighted by molar-refractivity contribution is 0.203. The van der Waals surface area contributed by atoms with Gasteiger partial charge in [-0.2, -0.15) is 0 Å². The van der Waals surface area contributed by atoms with E-state index in [0.29, 0.717) is 57.6 Å². The molecule has 11 nitrogen and oxygen atoms in total. The van der Waals surface area contributed by atoms with Crippen LogP contribution in [0.4, 0.5) is 10.5 Å². The molecule has 14 heteroatoms. The molecule has 0 spiro atoms. The molecule has 0 saturated heterocycles. The molecule has 5 aromatic rings. The van der Waals surface area contributed by atoms with E-state index < -0.39 is 6.09 Å². The van der Waals surface area contributed by atoms with Crippen LogP contribution in [0, 0.1) is 0 Å². The molecule has 6 rings (SSSR count). The molecule has 0 saturated carbocycles. The Balaban J connectivity index is 1.35. The van der Waals surface area contributed by atoms with Crippen LogP contribution in [-0.4, -0.2) is 52.8 Å². The number of nitrogens with zero attached hydrogens (tertiary/aromatic N) is 7. The molecule has 1 atom stereocenters. The normalized spacial score (nSPS) is 14.3. The highest BCUT2D eigenvalue weighted by Gasteiger charge is 2.29. The van der Waals surface area contributed by atoms with Crippen LogP contribution in [0.3, 0.4) is 0 Å². The molecule has 5 heterocycles. The summed E-state index contributed by atoms with van der Waals surface area (Å²) in [5.41, 5.74) is 4.10. The maximum atomic E-state index is 13.5. The van der Waals surface area contributed by atoms with E-state index in [1.54, 1.807) is 47.2 Å². The molecule has 0 fully saturated rings. The number of hydrogen-bond donors (Lipinski definition) is 2. The number of aromatic nitrogens is 7. The van der Waals surface area contributed by atoms with Crippen molar-refractivity contribution in [1.29, 1.82) is 0 Å². The molecule has 0 aliphatic carbocycles. The number of hydrogen-bond acceptors (Lipinski definition) is 6. The monoisotopic (exact) mass is 596 g/mol. The van der Waals surface area contributed by atoms with E-state index >= 15 is 0 Å². The first kappa shape index (κ1) is 26.1. The van der Waals surface area contributed by atoms with Crippen LogP contribution in [0.25, 0.3) is 28.2 Å². The molecule has 0 unspecified atom stereocenters. The molecule has 1 amide bonds. The molecule has 1 aliphatic heterocycles. The van der Waals surface area contributed by atoms with Crippen molar-refractivity contribution in [3.63, 3.8) is 0 Å². The third kappa shape index (κ3) is 4.61. The lowest BCUT2D eigenvalue weighted by Gasteiger charge is -2.15. The maximum absolute atomic E-state index is 13.5. The van der Waals surface area contributed by atoms with Crippen LogP contribution in [0.5, 0.6) is 0 Å². The summed E-state index contributed by atoms with van der Waals surface area (Å²) in [5.74, 6) is 0.530. The first-order valence-electron chi connectivity index (χ1n) is 12.0. The Bertz CT molecular complexity index is 1830. The number of aromatic amines is 1. The van der Waals surface area contributed by atoms with Crippen molar-refractivity contribution >= 4 is 46.6 Å². The van der Waals surface area contributed by atoms with Gasteiger partial charge in [0.15, 0.2) is 10.3 Å². The van der Waals surface area contributed by atoms with Gasteiger partial charge in [0.25, 0.3) is 5.56 Å². The zero-order valence-corrected chi connectivity index (χ0v) is 23.0. The van der Waals surface area contributed by atoms with Gasteiger partial charge in [-0.25, -0.2) is 14.5 Å². The number of pyridine rings is 2. The second kappa shape index (κ2) is 10.1. The second-order valence-corrected chi connectivity index (χ2v) is 10.4. The van der Waals surface area contributed by atoms with Gasteiger partial charge in [0.2, 0.25) is 0 Å². The molecule has 40 heavy (non-hydrogen) atoms. The van der Waals surface area contributed by atoms with Gasteiger partial charge in [0.05, 0.1) is 35.5 Å². The number of aryl methyl sites for hydroxylation is 1. The van der Waals surface area contributed by atoms with Gasteiger partial charge >= 0.3 is 6.09 Å². The molecule has 1 aliphatic rings. The molecule has 0 radical (unpaired) electrons. The van der Waals surface area contributed by atoms with E-state index in [1.165, 1.54) is 17.9 Å². The lowest BCUT2D eigenvalue weighted by Crippen LogP contribution is -2.24. The second-order valence-electron chi connectivity index (χ2n) is 9.18. The van der Waals surface area contributed by atoms with Crippen molar-refractivity contribution in [2.75, 3.05) is 11.9 Å². The largest absolute Gasteiger partial charge is 0.465 e. The minimum absolute atomic E-state index is 0.203. The molecule has 1 aromatic carbocycles. The zero-order valence-electron chi connectivity index (χ0n) is 20.7. The van der Waals surface area contributed by atoms with Crippen molar-refractivity contribution in [2.24, 2.45) is 0 Å². The maximum Gasteiger partial charge on any atom is 0.411 e. The van der Waals surface area contributed by atoms with E-state index in [9.17, 15) is 9.59 Å². The number of imidazole rings is 1. The van der Waals surface area contributed by atoms with Crippen LogP contribution < -0.4 is 10.5 Å². The smallest absolute Gasteiger partial charge is 0.411 e. The molecule has 4 aromatic heterocycles. The van der Waals surface area contributed by atoms with E-state index in [2.05, 4.69) is 25.3 Å². The van der Waals surface area contributed by atoms with E-state index in [1.807, 2.05) is 6.07 Å². The first-order chi connectivity index (χ1) is 19.2. The molecular formula is C26H19Cl3N8O3.